The highest BCUT2D eigenvalue weighted by molar-refractivity contribution is 8.00. The van der Waals surface area contributed by atoms with Crippen molar-refractivity contribution in [1.82, 2.24) is 20.2 Å². The van der Waals surface area contributed by atoms with Gasteiger partial charge in [-0.15, -0.1) is 21.5 Å². The minimum absolute atomic E-state index is 0.180. The highest BCUT2D eigenvalue weighted by Crippen LogP contribution is 2.32. The van der Waals surface area contributed by atoms with Gasteiger partial charge in [0.15, 0.2) is 5.16 Å². The van der Waals surface area contributed by atoms with Crippen LogP contribution in [0.1, 0.15) is 30.8 Å². The molecule has 0 spiro atoms. The molecule has 31 heavy (non-hydrogen) atoms. The fourth-order valence-corrected chi connectivity index (χ4v) is 5.61. The van der Waals surface area contributed by atoms with Gasteiger partial charge in [-0.25, -0.2) is 4.98 Å². The molecule has 4 aromatic rings. The fraction of sp³-hybridized carbons (Fsp3) is 0.286. The zero-order valence-corrected chi connectivity index (χ0v) is 19.7. The van der Waals surface area contributed by atoms with Gasteiger partial charge in [-0.3, -0.25) is 14.9 Å². The Bertz CT molecular complexity index is 1280. The summed E-state index contributed by atoms with van der Waals surface area (Å²) in [6.45, 7) is 5.94. The van der Waals surface area contributed by atoms with Crippen LogP contribution in [0, 0.1) is 6.92 Å². The molecule has 7 nitrogen and oxygen atoms in total. The summed E-state index contributed by atoms with van der Waals surface area (Å²) < 4.78 is 0. The van der Waals surface area contributed by atoms with Crippen molar-refractivity contribution < 1.29 is 4.79 Å². The van der Waals surface area contributed by atoms with E-state index in [1.54, 1.807) is 0 Å². The van der Waals surface area contributed by atoms with E-state index in [1.165, 1.54) is 34.4 Å². The molecule has 0 aliphatic heterocycles. The summed E-state index contributed by atoms with van der Waals surface area (Å²) in [5.74, 6) is -0.180. The predicted octanol–water partition coefficient (Wildman–Crippen LogP) is 4.88. The summed E-state index contributed by atoms with van der Waals surface area (Å²) in [6, 6.07) is 8.06. The van der Waals surface area contributed by atoms with Gasteiger partial charge in [0.2, 0.25) is 11.0 Å². The molecule has 160 valence electrons. The monoisotopic (exact) mass is 471 g/mol. The summed E-state index contributed by atoms with van der Waals surface area (Å²) in [7, 11) is 0. The molecule has 10 heteroatoms. The summed E-state index contributed by atoms with van der Waals surface area (Å²) in [6.07, 6.45) is 1.35. The Kier molecular flexibility index (Phi) is 6.49. The number of aromatic amines is 1. The number of thioether (sulfide) groups is 1. The first kappa shape index (κ1) is 21.7. The molecule has 1 amide bonds. The normalized spacial score (nSPS) is 12.2. The Balaban J connectivity index is 1.57. The molecule has 4 rings (SSSR count). The maximum atomic E-state index is 12.9. The Morgan fingerprint density at radius 1 is 1.23 bits per heavy atom. The van der Waals surface area contributed by atoms with Crippen molar-refractivity contribution in [2.24, 2.45) is 0 Å². The number of nitrogens with zero attached hydrogens (tertiary/aromatic N) is 3. The molecule has 1 unspecified atom stereocenters. The lowest BCUT2D eigenvalue weighted by atomic mass is 10.1. The van der Waals surface area contributed by atoms with Crippen LogP contribution in [0.2, 0.25) is 0 Å². The van der Waals surface area contributed by atoms with Gasteiger partial charge in [0.05, 0.1) is 10.6 Å². The Morgan fingerprint density at radius 3 is 2.68 bits per heavy atom. The lowest BCUT2D eigenvalue weighted by Crippen LogP contribution is -2.25. The topological polar surface area (TPSA) is 101 Å². The van der Waals surface area contributed by atoms with Crippen LogP contribution in [0.25, 0.3) is 21.3 Å². The van der Waals surface area contributed by atoms with Crippen molar-refractivity contribution in [3.8, 4) is 11.1 Å². The third-order valence-electron chi connectivity index (χ3n) is 4.70. The molecule has 0 aliphatic rings. The van der Waals surface area contributed by atoms with E-state index in [0.29, 0.717) is 26.9 Å². The number of carbonyl (C=O) groups is 1. The molecule has 0 bridgehead atoms. The minimum Gasteiger partial charge on any atom is -0.301 e. The van der Waals surface area contributed by atoms with Gasteiger partial charge in [-0.05, 0) is 25.3 Å². The maximum absolute atomic E-state index is 12.9. The fourth-order valence-electron chi connectivity index (χ4n) is 3.02. The molecule has 1 aromatic carbocycles. The van der Waals surface area contributed by atoms with Crippen LogP contribution >= 0.6 is 34.4 Å². The van der Waals surface area contributed by atoms with Crippen molar-refractivity contribution in [3.63, 3.8) is 0 Å². The SMILES string of the molecule is CCc1nnc(NC(=O)C(CC)Sc2nc3scc(-c4ccc(C)cc4)c3c(=O)[nH]2)s1. The van der Waals surface area contributed by atoms with Crippen molar-refractivity contribution in [3.05, 3.63) is 50.6 Å². The lowest BCUT2D eigenvalue weighted by Gasteiger charge is -2.12. The minimum atomic E-state index is -0.411. The number of hydrogen-bond donors (Lipinski definition) is 2. The summed E-state index contributed by atoms with van der Waals surface area (Å²) in [5.41, 5.74) is 2.82. The number of aromatic nitrogens is 4. The second kappa shape index (κ2) is 9.29. The smallest absolute Gasteiger partial charge is 0.260 e. The maximum Gasteiger partial charge on any atom is 0.260 e. The first-order valence-electron chi connectivity index (χ1n) is 9.87. The second-order valence-electron chi connectivity index (χ2n) is 6.93. The number of amides is 1. The average Bonchev–Trinajstić information content (AvgIpc) is 3.39. The zero-order chi connectivity index (χ0) is 22.0. The van der Waals surface area contributed by atoms with E-state index in [4.69, 9.17) is 0 Å². The molecule has 1 atom stereocenters. The van der Waals surface area contributed by atoms with E-state index in [0.717, 1.165) is 28.1 Å². The summed E-state index contributed by atoms with van der Waals surface area (Å²) in [4.78, 5) is 33.7. The number of carbonyl (C=O) groups excluding carboxylic acids is 1. The van der Waals surface area contributed by atoms with Crippen LogP contribution in [-0.4, -0.2) is 31.3 Å². The van der Waals surface area contributed by atoms with Crippen LogP contribution in [0.3, 0.4) is 0 Å². The Labute approximate surface area is 191 Å². The molecule has 0 radical (unpaired) electrons. The van der Waals surface area contributed by atoms with Crippen molar-refractivity contribution >= 4 is 55.7 Å². The first-order chi connectivity index (χ1) is 15.0. The first-order valence-corrected chi connectivity index (χ1v) is 12.4. The number of rotatable bonds is 7. The van der Waals surface area contributed by atoms with Crippen LogP contribution in [-0.2, 0) is 11.2 Å². The molecule has 2 N–H and O–H groups in total. The predicted molar refractivity (Wildman–Crippen MR) is 128 cm³/mol. The van der Waals surface area contributed by atoms with Crippen LogP contribution < -0.4 is 10.9 Å². The highest BCUT2D eigenvalue weighted by atomic mass is 32.2. The molecule has 0 saturated heterocycles. The number of nitrogens with one attached hydrogen (secondary N) is 2. The number of thiophene rings is 1. The standard InChI is InChI=1S/C21H21N5O2S3/c1-4-14(17(27)22-21-26-25-15(5-2)31-21)30-20-23-18(28)16-13(10-29-19(16)24-20)12-8-6-11(3)7-9-12/h6-10,14H,4-5H2,1-3H3,(H,22,26,27)(H,23,24,28). The molecule has 0 fully saturated rings. The zero-order valence-electron chi connectivity index (χ0n) is 17.3. The van der Waals surface area contributed by atoms with Gasteiger partial charge in [-0.1, -0.05) is 66.8 Å². The highest BCUT2D eigenvalue weighted by Gasteiger charge is 2.22. The van der Waals surface area contributed by atoms with Crippen LogP contribution in [0.15, 0.2) is 39.6 Å². The molecular formula is C21H21N5O2S3. The van der Waals surface area contributed by atoms with E-state index in [-0.39, 0.29) is 11.5 Å². The molecule has 3 heterocycles. The van der Waals surface area contributed by atoms with Crippen molar-refractivity contribution in [2.75, 3.05) is 5.32 Å². The number of fused-ring (bicyclic) bond motifs is 1. The number of hydrogen-bond acceptors (Lipinski definition) is 8. The molecular weight excluding hydrogens is 450 g/mol. The largest absolute Gasteiger partial charge is 0.301 e. The van der Waals surface area contributed by atoms with Crippen molar-refractivity contribution in [1.29, 1.82) is 0 Å². The lowest BCUT2D eigenvalue weighted by molar-refractivity contribution is -0.115. The van der Waals surface area contributed by atoms with Crippen molar-refractivity contribution in [2.45, 2.75) is 44.0 Å². The molecule has 0 aliphatic carbocycles. The number of H-pyrrole nitrogens is 1. The van der Waals surface area contributed by atoms with Gasteiger partial charge >= 0.3 is 0 Å². The van der Waals surface area contributed by atoms with Gasteiger partial charge in [0.1, 0.15) is 9.84 Å². The van der Waals surface area contributed by atoms with Gasteiger partial charge in [-0.2, -0.15) is 0 Å². The van der Waals surface area contributed by atoms with Crippen LogP contribution in [0.5, 0.6) is 0 Å². The van der Waals surface area contributed by atoms with Crippen LogP contribution in [0.4, 0.5) is 5.13 Å². The molecule has 3 aromatic heterocycles. The number of anilines is 1. The summed E-state index contributed by atoms with van der Waals surface area (Å²) >= 11 is 4.05. The summed E-state index contributed by atoms with van der Waals surface area (Å²) in [5, 5.41) is 14.8. The van der Waals surface area contributed by atoms with E-state index >= 15 is 0 Å². The van der Waals surface area contributed by atoms with E-state index in [1.807, 2.05) is 50.4 Å². The number of benzene rings is 1. The third-order valence-corrected chi connectivity index (χ3v) is 7.81. The Hall–Kier alpha value is -2.56. The van der Waals surface area contributed by atoms with Gasteiger partial charge in [0.25, 0.3) is 5.56 Å². The van der Waals surface area contributed by atoms with E-state index < -0.39 is 5.25 Å². The van der Waals surface area contributed by atoms with Gasteiger partial charge < -0.3 is 4.98 Å². The second-order valence-corrected chi connectivity index (χ2v) is 10.0. The third kappa shape index (κ3) is 4.70. The van der Waals surface area contributed by atoms with Gasteiger partial charge in [0, 0.05) is 10.9 Å². The average molecular weight is 472 g/mol. The van der Waals surface area contributed by atoms with E-state index in [9.17, 15) is 9.59 Å². The quantitative estimate of drug-likeness (QED) is 0.294. The number of aryl methyl sites for hydroxylation is 2. The van der Waals surface area contributed by atoms with E-state index in [2.05, 4.69) is 25.5 Å². The molecule has 0 saturated carbocycles. The Morgan fingerprint density at radius 2 is 2.00 bits per heavy atom.